The first-order chi connectivity index (χ1) is 1.73. The topological polar surface area (TPSA) is 26.0 Å². The zero-order valence-electron chi connectivity index (χ0n) is 2.89. The van der Waals surface area contributed by atoms with Crippen molar-refractivity contribution in [1.29, 1.82) is 0 Å². The van der Waals surface area contributed by atoms with Gasteiger partial charge in [-0.1, -0.05) is 12.2 Å². The van der Waals surface area contributed by atoms with Crippen molar-refractivity contribution in [2.24, 2.45) is 5.73 Å². The van der Waals surface area contributed by atoms with Crippen molar-refractivity contribution in [3.8, 4) is 0 Å². The molecule has 0 amide bonds. The van der Waals surface area contributed by atoms with Gasteiger partial charge in [-0.25, -0.2) is 0 Å². The van der Waals surface area contributed by atoms with Gasteiger partial charge in [-0.2, -0.15) is 0 Å². The normalized spacial score (nSPS) is 5.00. The molecule has 5 heavy (non-hydrogen) atoms. The quantitative estimate of drug-likeness (QED) is 0.467. The Morgan fingerprint density at radius 1 is 1.80 bits per heavy atom. The Labute approximate surface area is 53.9 Å². The van der Waals surface area contributed by atoms with Crippen molar-refractivity contribution in [2.75, 3.05) is 0 Å². The van der Waals surface area contributed by atoms with E-state index in [0.29, 0.717) is 4.99 Å². The van der Waals surface area contributed by atoms with Gasteiger partial charge >= 0.3 is 0 Å². The molecule has 3 heteroatoms. The van der Waals surface area contributed by atoms with E-state index in [9.17, 15) is 0 Å². The predicted octanol–water partition coefficient (Wildman–Crippen LogP) is 0.910. The molecule has 0 aromatic carbocycles. The van der Waals surface area contributed by atoms with Gasteiger partial charge in [0.15, 0.2) is 0 Å². The van der Waals surface area contributed by atoms with Crippen LogP contribution in [0.5, 0.6) is 0 Å². The minimum absolute atomic E-state index is 0. The second-order valence-corrected chi connectivity index (χ2v) is 1.25. The number of hydrogen-bond acceptors (Lipinski definition) is 1. The second kappa shape index (κ2) is 4.62. The molecule has 0 radical (unpaired) electrons. The lowest BCUT2D eigenvalue weighted by Crippen LogP contribution is -1.98. The van der Waals surface area contributed by atoms with Gasteiger partial charge in [-0.05, 0) is 6.92 Å². The van der Waals surface area contributed by atoms with Crippen LogP contribution in [0.1, 0.15) is 6.92 Å². The maximum Gasteiger partial charge on any atom is 0.0695 e. The summed E-state index contributed by atoms with van der Waals surface area (Å²) in [6.45, 7) is 1.68. The molecule has 0 heterocycles. The third kappa shape index (κ3) is 82.5. The molecule has 0 aliphatic heterocycles. The van der Waals surface area contributed by atoms with Gasteiger partial charge in [-0.3, -0.25) is 0 Å². The summed E-state index contributed by atoms with van der Waals surface area (Å²) in [5.41, 5.74) is 4.84. The smallest absolute Gasteiger partial charge is 0.0695 e. The summed E-state index contributed by atoms with van der Waals surface area (Å²) in [7, 11) is 0. The van der Waals surface area contributed by atoms with Crippen molar-refractivity contribution in [3.05, 3.63) is 0 Å². The van der Waals surface area contributed by atoms with Crippen LogP contribution in [0.2, 0.25) is 0 Å². The lowest BCUT2D eigenvalue weighted by molar-refractivity contribution is 1.73. The van der Waals surface area contributed by atoms with Crippen molar-refractivity contribution in [3.63, 3.8) is 0 Å². The lowest BCUT2D eigenvalue weighted by Gasteiger charge is -1.65. The summed E-state index contributed by atoms with van der Waals surface area (Å²) < 4.78 is 0. The Bertz CT molecular complexity index is 32.6. The number of hydrogen-bond donors (Lipinski definition) is 1. The monoisotopic (exact) mass is 203 g/mol. The predicted molar refractivity (Wildman–Crippen MR) is 37.9 cm³/mol. The van der Waals surface area contributed by atoms with Crippen LogP contribution in [-0.4, -0.2) is 4.99 Å². The van der Waals surface area contributed by atoms with Crippen molar-refractivity contribution >= 4 is 41.2 Å². The molecule has 0 aliphatic rings. The lowest BCUT2D eigenvalue weighted by atomic mass is 10.8. The maximum absolute atomic E-state index is 4.84. The first-order valence-electron chi connectivity index (χ1n) is 0.993. The molecule has 0 aromatic heterocycles. The van der Waals surface area contributed by atoms with Crippen LogP contribution in [-0.2, 0) is 0 Å². The molecule has 0 fully saturated rings. The minimum Gasteiger partial charge on any atom is -0.394 e. The van der Waals surface area contributed by atoms with Gasteiger partial charge in [0.1, 0.15) is 0 Å². The van der Waals surface area contributed by atoms with Crippen LogP contribution in [0, 0.1) is 0 Å². The Morgan fingerprint density at radius 3 is 1.80 bits per heavy atom. The van der Waals surface area contributed by atoms with E-state index < -0.39 is 0 Å². The number of thiocarbonyl (C=S) groups is 1. The number of halogens is 1. The summed E-state index contributed by atoms with van der Waals surface area (Å²) in [6.07, 6.45) is 0. The third-order valence-electron chi connectivity index (χ3n) is 0. The average Bonchev–Trinajstić information content (AvgIpc) is 0.811. The van der Waals surface area contributed by atoms with Crippen LogP contribution in [0.4, 0.5) is 0 Å². The van der Waals surface area contributed by atoms with E-state index in [1.807, 2.05) is 0 Å². The number of nitrogens with two attached hydrogens (primary N) is 1. The Hall–Kier alpha value is 0.620. The largest absolute Gasteiger partial charge is 0.394 e. The molecule has 0 bridgehead atoms. The summed E-state index contributed by atoms with van der Waals surface area (Å²) >= 11 is 4.31. The first kappa shape index (κ1) is 9.15. The van der Waals surface area contributed by atoms with E-state index in [1.54, 1.807) is 6.92 Å². The highest BCUT2D eigenvalue weighted by molar-refractivity contribution is 14.0. The molecule has 0 saturated heterocycles. The molecule has 0 aliphatic carbocycles. The zero-order chi connectivity index (χ0) is 3.58. The van der Waals surface area contributed by atoms with Gasteiger partial charge < -0.3 is 5.73 Å². The molecule has 0 spiro atoms. The van der Waals surface area contributed by atoms with Crippen LogP contribution >= 0.6 is 36.2 Å². The fourth-order valence-corrected chi connectivity index (χ4v) is 0. The van der Waals surface area contributed by atoms with E-state index in [1.165, 1.54) is 0 Å². The fraction of sp³-hybridized carbons (Fsp3) is 0.500. The van der Waals surface area contributed by atoms with Gasteiger partial charge in [-0.15, -0.1) is 24.0 Å². The molecule has 0 aromatic rings. The molecular formula is C2H6INS. The van der Waals surface area contributed by atoms with Gasteiger partial charge in [0.2, 0.25) is 0 Å². The Morgan fingerprint density at radius 2 is 1.80 bits per heavy atom. The SMILES string of the molecule is CC(N)=S.I. The summed E-state index contributed by atoms with van der Waals surface area (Å²) in [6, 6.07) is 0. The maximum atomic E-state index is 4.84. The van der Waals surface area contributed by atoms with Crippen LogP contribution in [0.25, 0.3) is 0 Å². The van der Waals surface area contributed by atoms with Crippen LogP contribution in [0.3, 0.4) is 0 Å². The fourth-order valence-electron chi connectivity index (χ4n) is 0. The highest BCUT2D eigenvalue weighted by atomic mass is 127. The average molecular weight is 203 g/mol. The van der Waals surface area contributed by atoms with Crippen molar-refractivity contribution in [1.82, 2.24) is 0 Å². The second-order valence-electron chi connectivity index (χ2n) is 0.611. The molecule has 0 rings (SSSR count). The van der Waals surface area contributed by atoms with E-state index in [-0.39, 0.29) is 24.0 Å². The van der Waals surface area contributed by atoms with E-state index in [0.717, 1.165) is 0 Å². The first-order valence-corrected chi connectivity index (χ1v) is 1.40. The molecule has 1 nitrogen and oxygen atoms in total. The van der Waals surface area contributed by atoms with E-state index in [4.69, 9.17) is 5.73 Å². The third-order valence-corrected chi connectivity index (χ3v) is 0. The molecule has 2 N–H and O–H groups in total. The van der Waals surface area contributed by atoms with Gasteiger partial charge in [0.25, 0.3) is 0 Å². The molecule has 0 unspecified atom stereocenters. The Kier molecular flexibility index (Phi) is 8.46. The Balaban J connectivity index is 0. The summed E-state index contributed by atoms with van der Waals surface area (Å²) in [4.78, 5) is 0.500. The van der Waals surface area contributed by atoms with Gasteiger partial charge in [0, 0.05) is 0 Å². The highest BCUT2D eigenvalue weighted by Crippen LogP contribution is 1.48. The van der Waals surface area contributed by atoms with E-state index in [2.05, 4.69) is 12.2 Å². The summed E-state index contributed by atoms with van der Waals surface area (Å²) in [5, 5.41) is 0. The minimum atomic E-state index is 0. The summed E-state index contributed by atoms with van der Waals surface area (Å²) in [5.74, 6) is 0. The molecular weight excluding hydrogens is 197 g/mol. The highest BCUT2D eigenvalue weighted by Gasteiger charge is 1.54. The molecule has 0 atom stereocenters. The van der Waals surface area contributed by atoms with E-state index >= 15 is 0 Å². The zero-order valence-corrected chi connectivity index (χ0v) is 6.04. The van der Waals surface area contributed by atoms with Crippen LogP contribution in [0.15, 0.2) is 0 Å². The van der Waals surface area contributed by atoms with Gasteiger partial charge in [0.05, 0.1) is 4.99 Å². The molecule has 32 valence electrons. The van der Waals surface area contributed by atoms with Crippen LogP contribution < -0.4 is 5.73 Å². The standard InChI is InChI=1S/C2H5NS.HI/c1-2(3)4;/h1H3,(H2,3,4);1H. The number of rotatable bonds is 0. The van der Waals surface area contributed by atoms with Crippen molar-refractivity contribution in [2.45, 2.75) is 6.92 Å². The van der Waals surface area contributed by atoms with Crippen molar-refractivity contribution < 1.29 is 0 Å². The molecule has 0 saturated carbocycles.